The first kappa shape index (κ1) is 12.2. The molecule has 2 aromatic rings. The minimum absolute atomic E-state index is 0.469. The van der Waals surface area contributed by atoms with Gasteiger partial charge in [-0.1, -0.05) is 13.8 Å². The summed E-state index contributed by atoms with van der Waals surface area (Å²) in [5, 5.41) is 7.59. The van der Waals surface area contributed by atoms with E-state index in [1.54, 1.807) is 11.3 Å². The Morgan fingerprint density at radius 1 is 1.35 bits per heavy atom. The zero-order valence-corrected chi connectivity index (χ0v) is 11.2. The number of hydrogen-bond donors (Lipinski definition) is 1. The van der Waals surface area contributed by atoms with Gasteiger partial charge >= 0.3 is 0 Å². The Hall–Kier alpha value is -1.26. The third-order valence-corrected chi connectivity index (χ3v) is 3.36. The largest absolute Gasteiger partial charge is 0.309 e. The lowest BCUT2D eigenvalue weighted by atomic mass is 10.2. The van der Waals surface area contributed by atoms with Crippen LogP contribution in [0.15, 0.2) is 23.0 Å². The van der Waals surface area contributed by atoms with Crippen molar-refractivity contribution in [3.05, 3.63) is 34.3 Å². The van der Waals surface area contributed by atoms with Gasteiger partial charge in [0.25, 0.3) is 0 Å². The fraction of sp³-hybridized carbons (Fsp3) is 0.385. The van der Waals surface area contributed by atoms with E-state index in [-0.39, 0.29) is 0 Å². The van der Waals surface area contributed by atoms with Crippen molar-refractivity contribution in [1.29, 1.82) is 0 Å². The molecule has 4 heteroatoms. The van der Waals surface area contributed by atoms with Gasteiger partial charge in [0.2, 0.25) is 0 Å². The molecule has 0 atom stereocenters. The number of nitrogens with one attached hydrogen (secondary N) is 1. The number of aromatic nitrogens is 2. The molecular weight excluding hydrogens is 230 g/mol. The van der Waals surface area contributed by atoms with Crippen molar-refractivity contribution in [1.82, 2.24) is 15.3 Å². The molecule has 2 rings (SSSR count). The molecule has 0 unspecified atom stereocenters. The molecule has 2 aromatic heterocycles. The molecule has 0 aliphatic heterocycles. The summed E-state index contributed by atoms with van der Waals surface area (Å²) in [5.41, 5.74) is 3.42. The summed E-state index contributed by atoms with van der Waals surface area (Å²) in [6, 6.07) is 2.43. The number of hydrogen-bond acceptors (Lipinski definition) is 4. The summed E-state index contributed by atoms with van der Waals surface area (Å²) in [4.78, 5) is 8.92. The van der Waals surface area contributed by atoms with Crippen molar-refractivity contribution in [2.24, 2.45) is 0 Å². The Labute approximate surface area is 106 Å². The molecule has 0 aliphatic rings. The topological polar surface area (TPSA) is 37.8 Å². The van der Waals surface area contributed by atoms with Crippen molar-refractivity contribution >= 4 is 11.3 Å². The molecule has 0 saturated heterocycles. The molecule has 0 spiro atoms. The van der Waals surface area contributed by atoms with E-state index in [2.05, 4.69) is 46.8 Å². The molecule has 0 saturated carbocycles. The minimum atomic E-state index is 0.469. The molecule has 90 valence electrons. The molecule has 17 heavy (non-hydrogen) atoms. The van der Waals surface area contributed by atoms with Crippen molar-refractivity contribution in [2.75, 3.05) is 0 Å². The second-order valence-electron chi connectivity index (χ2n) is 4.38. The van der Waals surface area contributed by atoms with Crippen LogP contribution in [0.3, 0.4) is 0 Å². The third-order valence-electron chi connectivity index (χ3n) is 2.50. The molecule has 3 nitrogen and oxygen atoms in total. The van der Waals surface area contributed by atoms with E-state index in [4.69, 9.17) is 0 Å². The second kappa shape index (κ2) is 5.38. The molecule has 0 amide bonds. The monoisotopic (exact) mass is 247 g/mol. The van der Waals surface area contributed by atoms with Gasteiger partial charge < -0.3 is 5.32 Å². The van der Waals surface area contributed by atoms with Crippen LogP contribution in [0, 0.1) is 6.92 Å². The van der Waals surface area contributed by atoms with Gasteiger partial charge in [-0.3, -0.25) is 0 Å². The van der Waals surface area contributed by atoms with Crippen molar-refractivity contribution < 1.29 is 0 Å². The van der Waals surface area contributed by atoms with Gasteiger partial charge in [-0.05, 0) is 23.9 Å². The maximum Gasteiger partial charge on any atom is 0.160 e. The fourth-order valence-electron chi connectivity index (χ4n) is 1.52. The van der Waals surface area contributed by atoms with Crippen LogP contribution < -0.4 is 5.32 Å². The van der Waals surface area contributed by atoms with E-state index in [0.717, 1.165) is 23.6 Å². The summed E-state index contributed by atoms with van der Waals surface area (Å²) < 4.78 is 0. The van der Waals surface area contributed by atoms with E-state index in [0.29, 0.717) is 6.04 Å². The van der Waals surface area contributed by atoms with Gasteiger partial charge in [-0.15, -0.1) is 0 Å². The zero-order valence-electron chi connectivity index (χ0n) is 10.4. The highest BCUT2D eigenvalue weighted by molar-refractivity contribution is 7.08. The Kier molecular flexibility index (Phi) is 3.86. The molecule has 0 aliphatic carbocycles. The van der Waals surface area contributed by atoms with Gasteiger partial charge in [0.15, 0.2) is 5.82 Å². The molecule has 1 N–H and O–H groups in total. The lowest BCUT2D eigenvalue weighted by Gasteiger charge is -2.08. The van der Waals surface area contributed by atoms with E-state index in [1.807, 2.05) is 12.3 Å². The predicted molar refractivity (Wildman–Crippen MR) is 72.1 cm³/mol. The van der Waals surface area contributed by atoms with Gasteiger partial charge in [-0.2, -0.15) is 11.3 Å². The van der Waals surface area contributed by atoms with Crippen molar-refractivity contribution in [2.45, 2.75) is 33.4 Å². The summed E-state index contributed by atoms with van der Waals surface area (Å²) in [6.07, 6.45) is 1.83. The molecule has 0 bridgehead atoms. The van der Waals surface area contributed by atoms with Crippen LogP contribution in [0.5, 0.6) is 0 Å². The van der Waals surface area contributed by atoms with Crippen molar-refractivity contribution in [3.8, 4) is 11.4 Å². The first-order chi connectivity index (χ1) is 8.16. The fourth-order valence-corrected chi connectivity index (χ4v) is 2.35. The summed E-state index contributed by atoms with van der Waals surface area (Å²) >= 11 is 1.69. The first-order valence-electron chi connectivity index (χ1n) is 5.75. The SMILES string of the molecule is Cc1cscc1-c1nccc(CNC(C)C)n1. The maximum atomic E-state index is 4.58. The van der Waals surface area contributed by atoms with Crippen molar-refractivity contribution in [3.63, 3.8) is 0 Å². The lowest BCUT2D eigenvalue weighted by Crippen LogP contribution is -2.22. The zero-order chi connectivity index (χ0) is 12.3. The van der Waals surface area contributed by atoms with Crippen LogP contribution in [-0.4, -0.2) is 16.0 Å². The standard InChI is InChI=1S/C13H17N3S/c1-9(2)15-6-11-4-5-14-13(16-11)12-8-17-7-10(12)3/h4-5,7-9,15H,6H2,1-3H3. The van der Waals surface area contributed by atoms with Gasteiger partial charge in [0, 0.05) is 29.7 Å². The highest BCUT2D eigenvalue weighted by Crippen LogP contribution is 2.23. The Morgan fingerprint density at radius 3 is 2.82 bits per heavy atom. The quantitative estimate of drug-likeness (QED) is 0.902. The highest BCUT2D eigenvalue weighted by atomic mass is 32.1. The van der Waals surface area contributed by atoms with Crippen LogP contribution in [0.25, 0.3) is 11.4 Å². The first-order valence-corrected chi connectivity index (χ1v) is 6.69. The number of nitrogens with zero attached hydrogens (tertiary/aromatic N) is 2. The van der Waals surface area contributed by atoms with Crippen LogP contribution in [0.4, 0.5) is 0 Å². The summed E-state index contributed by atoms with van der Waals surface area (Å²) in [5.74, 6) is 0.826. The molecule has 0 aromatic carbocycles. The second-order valence-corrected chi connectivity index (χ2v) is 5.12. The van der Waals surface area contributed by atoms with Crippen LogP contribution in [-0.2, 0) is 6.54 Å². The molecular formula is C13H17N3S. The maximum absolute atomic E-state index is 4.58. The van der Waals surface area contributed by atoms with E-state index in [1.165, 1.54) is 5.56 Å². The molecule has 2 heterocycles. The number of thiophene rings is 1. The Balaban J connectivity index is 2.20. The summed E-state index contributed by atoms with van der Waals surface area (Å²) in [7, 11) is 0. The smallest absolute Gasteiger partial charge is 0.160 e. The third kappa shape index (κ3) is 3.11. The summed E-state index contributed by atoms with van der Waals surface area (Å²) in [6.45, 7) is 7.14. The number of rotatable bonds is 4. The average Bonchev–Trinajstić information content (AvgIpc) is 2.73. The molecule has 0 fully saturated rings. The average molecular weight is 247 g/mol. The minimum Gasteiger partial charge on any atom is -0.309 e. The van der Waals surface area contributed by atoms with E-state index < -0.39 is 0 Å². The number of aryl methyl sites for hydroxylation is 1. The molecule has 0 radical (unpaired) electrons. The van der Waals surface area contributed by atoms with E-state index >= 15 is 0 Å². The Bertz CT molecular complexity index is 491. The normalized spacial score (nSPS) is 11.1. The van der Waals surface area contributed by atoms with E-state index in [9.17, 15) is 0 Å². The van der Waals surface area contributed by atoms with Crippen LogP contribution in [0.1, 0.15) is 25.1 Å². The van der Waals surface area contributed by atoms with Gasteiger partial charge in [0.1, 0.15) is 0 Å². The van der Waals surface area contributed by atoms with Crippen LogP contribution >= 0.6 is 11.3 Å². The predicted octanol–water partition coefficient (Wildman–Crippen LogP) is 3.01. The lowest BCUT2D eigenvalue weighted by molar-refractivity contribution is 0.581. The Morgan fingerprint density at radius 2 is 2.18 bits per heavy atom. The van der Waals surface area contributed by atoms with Gasteiger partial charge in [0.05, 0.1) is 5.69 Å². The van der Waals surface area contributed by atoms with Gasteiger partial charge in [-0.25, -0.2) is 9.97 Å². The van der Waals surface area contributed by atoms with Crippen LogP contribution in [0.2, 0.25) is 0 Å². The highest BCUT2D eigenvalue weighted by Gasteiger charge is 2.06.